The van der Waals surface area contributed by atoms with Crippen LogP contribution in [0.1, 0.15) is 45.8 Å². The molecule has 0 unspecified atom stereocenters. The molecular formula is C32H30F3N7O8S. The fourth-order valence-corrected chi connectivity index (χ4v) is 5.61. The highest BCUT2D eigenvalue weighted by molar-refractivity contribution is 7.90. The monoisotopic (exact) mass is 729 g/mol. The molecule has 5 rings (SSSR count). The molecule has 1 aliphatic rings. The van der Waals surface area contributed by atoms with E-state index in [-0.39, 0.29) is 27.5 Å². The third-order valence-corrected chi connectivity index (χ3v) is 9.17. The van der Waals surface area contributed by atoms with E-state index in [0.29, 0.717) is 5.56 Å². The Balaban J connectivity index is 1.19. The van der Waals surface area contributed by atoms with Crippen LogP contribution in [0.4, 0.5) is 18.0 Å². The number of ether oxygens (including phenoxy) is 1. The summed E-state index contributed by atoms with van der Waals surface area (Å²) in [6.45, 7) is 3.57. The number of halogens is 3. The zero-order chi connectivity index (χ0) is 37.3. The summed E-state index contributed by atoms with van der Waals surface area (Å²) < 4.78 is 74.3. The Morgan fingerprint density at radius 2 is 1.59 bits per heavy atom. The standard InChI is InChI=1S/C32H30F3N7O8S/c1-20-9-11-21(12-10-20)26-17-27(32(33,34)35)36-41(26)22-13-15-23(16-14-22)51(47,48)37-30(45)49-18-31(2,3)39(4)42(46)38-50-19-40-28(43)24-7-5-6-8-25(24)29(40)44/h5-17H,18-19H2,1-4H3,(H,37,45)/b42-38+. The van der Waals surface area contributed by atoms with Gasteiger partial charge >= 0.3 is 12.3 Å². The van der Waals surface area contributed by atoms with Crippen LogP contribution < -0.4 is 4.72 Å². The Hall–Kier alpha value is -5.98. The molecule has 3 amide bonds. The number of imide groups is 1. The molecule has 1 N–H and O–H groups in total. The van der Waals surface area contributed by atoms with Crippen LogP contribution in [-0.2, 0) is 25.8 Å². The topological polar surface area (TPSA) is 179 Å². The molecule has 1 aromatic heterocycles. The van der Waals surface area contributed by atoms with E-state index in [2.05, 4.69) is 10.4 Å². The molecule has 2 heterocycles. The summed E-state index contributed by atoms with van der Waals surface area (Å²) in [7, 11) is -3.25. The van der Waals surface area contributed by atoms with Gasteiger partial charge in [0.05, 0.1) is 39.4 Å². The number of likely N-dealkylation sites (N-methyl/N-ethyl adjacent to an activating group) is 1. The number of hydrogen-bond acceptors (Lipinski definition) is 10. The molecule has 15 nitrogen and oxygen atoms in total. The van der Waals surface area contributed by atoms with E-state index in [1.165, 1.54) is 45.2 Å². The molecule has 51 heavy (non-hydrogen) atoms. The normalized spacial score (nSPS) is 13.6. The summed E-state index contributed by atoms with van der Waals surface area (Å²) in [5, 5.41) is 20.5. The highest BCUT2D eigenvalue weighted by Gasteiger charge is 2.37. The van der Waals surface area contributed by atoms with Crippen molar-refractivity contribution in [3.05, 3.63) is 106 Å². The molecule has 0 aliphatic carbocycles. The first-order valence-electron chi connectivity index (χ1n) is 14.9. The molecule has 19 heteroatoms. The molecule has 0 saturated heterocycles. The molecule has 0 radical (unpaired) electrons. The van der Waals surface area contributed by atoms with E-state index in [1.807, 2.05) is 6.92 Å². The number of alkyl halides is 3. The van der Waals surface area contributed by atoms with Gasteiger partial charge in [-0.05, 0) is 63.2 Å². The molecule has 0 atom stereocenters. The van der Waals surface area contributed by atoms with E-state index in [4.69, 9.17) is 9.57 Å². The van der Waals surface area contributed by atoms with Crippen molar-refractivity contribution in [3.63, 3.8) is 0 Å². The first-order valence-corrected chi connectivity index (χ1v) is 16.4. The number of fused-ring (bicyclic) bond motifs is 1. The van der Waals surface area contributed by atoms with Gasteiger partial charge in [-0.15, -0.1) is 5.01 Å². The number of carbonyl (C=O) groups is 3. The second-order valence-electron chi connectivity index (χ2n) is 11.9. The van der Waals surface area contributed by atoms with Gasteiger partial charge in [0, 0.05) is 5.56 Å². The van der Waals surface area contributed by atoms with Gasteiger partial charge < -0.3 is 14.8 Å². The number of hydrazine groups is 1. The van der Waals surface area contributed by atoms with Crippen LogP contribution in [0, 0.1) is 12.1 Å². The van der Waals surface area contributed by atoms with Crippen LogP contribution in [-0.4, -0.2) is 76.9 Å². The van der Waals surface area contributed by atoms with Gasteiger partial charge in [0.15, 0.2) is 5.69 Å². The highest BCUT2D eigenvalue weighted by atomic mass is 32.2. The molecular weight excluding hydrogens is 699 g/mol. The average molecular weight is 730 g/mol. The number of rotatable bonds is 11. The Morgan fingerprint density at radius 3 is 2.16 bits per heavy atom. The second-order valence-corrected chi connectivity index (χ2v) is 13.6. The summed E-state index contributed by atoms with van der Waals surface area (Å²) >= 11 is 0. The number of amides is 3. The Bertz CT molecular complexity index is 2080. The SMILES string of the molecule is Cc1ccc(-c2cc(C(F)(F)F)nn2-c2ccc(S(=O)(=O)NC(=O)OCC(C)(C)N(C)/[N+]([O-])=N\OCN3C(=O)c4ccccc4C3=O)cc2)cc1. The first-order chi connectivity index (χ1) is 23.9. The van der Waals surface area contributed by atoms with Gasteiger partial charge in [-0.3, -0.25) is 9.59 Å². The molecule has 0 spiro atoms. The van der Waals surface area contributed by atoms with Crippen LogP contribution in [0.3, 0.4) is 0 Å². The predicted molar refractivity (Wildman–Crippen MR) is 171 cm³/mol. The largest absolute Gasteiger partial charge is 0.569 e. The number of aromatic nitrogens is 2. The number of hydrogen-bond donors (Lipinski definition) is 1. The van der Waals surface area contributed by atoms with Crippen molar-refractivity contribution in [2.75, 3.05) is 20.4 Å². The third kappa shape index (κ3) is 7.77. The first kappa shape index (κ1) is 36.3. The van der Waals surface area contributed by atoms with Gasteiger partial charge in [0.2, 0.25) is 12.0 Å². The van der Waals surface area contributed by atoms with Crippen LogP contribution >= 0.6 is 0 Å². The molecule has 268 valence electrons. The minimum atomic E-state index is -4.74. The third-order valence-electron chi connectivity index (χ3n) is 7.84. The lowest BCUT2D eigenvalue weighted by atomic mass is 10.1. The Morgan fingerprint density at radius 1 is 1.00 bits per heavy atom. The maximum Gasteiger partial charge on any atom is 0.435 e. The lowest BCUT2D eigenvalue weighted by Gasteiger charge is -2.30. The summed E-state index contributed by atoms with van der Waals surface area (Å²) in [5.74, 6) is -1.24. The van der Waals surface area contributed by atoms with Crippen LogP contribution in [0.25, 0.3) is 16.9 Å². The van der Waals surface area contributed by atoms with E-state index in [9.17, 15) is 41.2 Å². The fourth-order valence-electron chi connectivity index (χ4n) is 4.72. The fraction of sp³-hybridized carbons (Fsp3) is 0.250. The summed E-state index contributed by atoms with van der Waals surface area (Å²) in [6, 6.07) is 18.4. The van der Waals surface area contributed by atoms with Gasteiger partial charge in [-0.1, -0.05) is 42.0 Å². The van der Waals surface area contributed by atoms with E-state index in [1.54, 1.807) is 41.1 Å². The molecule has 0 saturated carbocycles. The molecule has 0 fully saturated rings. The minimum absolute atomic E-state index is 0.0146. The van der Waals surface area contributed by atoms with Crippen LogP contribution in [0.15, 0.2) is 89.0 Å². The van der Waals surface area contributed by atoms with Crippen LogP contribution in [0.5, 0.6) is 0 Å². The number of benzene rings is 3. The average Bonchev–Trinajstić information content (AvgIpc) is 3.64. The summed E-state index contributed by atoms with van der Waals surface area (Å²) in [5.41, 5.74) is -0.495. The number of nitrogens with one attached hydrogen (secondary N) is 1. The van der Waals surface area contributed by atoms with Gasteiger partial charge in [-0.25, -0.2) is 27.5 Å². The lowest BCUT2D eigenvalue weighted by molar-refractivity contribution is -0.721. The summed E-state index contributed by atoms with van der Waals surface area (Å²) in [4.78, 5) is 42.6. The van der Waals surface area contributed by atoms with Gasteiger partial charge in [-0.2, -0.15) is 18.3 Å². The number of sulfonamides is 1. The molecule has 1 aliphatic heterocycles. The Labute approximate surface area is 289 Å². The van der Waals surface area contributed by atoms with Crippen molar-refractivity contribution in [3.8, 4) is 16.9 Å². The summed E-state index contributed by atoms with van der Waals surface area (Å²) in [6.07, 6.45) is -6.12. The maximum atomic E-state index is 13.5. The molecule has 0 bridgehead atoms. The zero-order valence-electron chi connectivity index (χ0n) is 27.4. The van der Waals surface area contributed by atoms with Gasteiger partial charge in [0.1, 0.15) is 12.1 Å². The zero-order valence-corrected chi connectivity index (χ0v) is 28.2. The highest BCUT2D eigenvalue weighted by Crippen LogP contribution is 2.33. The molecule has 3 aromatic carbocycles. The van der Waals surface area contributed by atoms with E-state index >= 15 is 0 Å². The quantitative estimate of drug-likeness (QED) is 0.0950. The lowest BCUT2D eigenvalue weighted by Crippen LogP contribution is -2.49. The second kappa shape index (κ2) is 13.7. The number of nitrogens with zero attached hydrogens (tertiary/aromatic N) is 6. The van der Waals surface area contributed by atoms with Crippen molar-refractivity contribution in [1.29, 1.82) is 0 Å². The van der Waals surface area contributed by atoms with Crippen molar-refractivity contribution in [2.24, 2.45) is 5.28 Å². The van der Waals surface area contributed by atoms with Crippen molar-refractivity contribution in [2.45, 2.75) is 37.4 Å². The predicted octanol–water partition coefficient (Wildman–Crippen LogP) is 5.05. The Kier molecular flexibility index (Phi) is 9.78. The number of carbonyl (C=O) groups excluding carboxylic acids is 3. The smallest absolute Gasteiger partial charge is 0.435 e. The van der Waals surface area contributed by atoms with Crippen LogP contribution in [0.2, 0.25) is 0 Å². The van der Waals surface area contributed by atoms with E-state index < -0.39 is 63.6 Å². The van der Waals surface area contributed by atoms with Crippen molar-refractivity contribution < 1.29 is 50.5 Å². The van der Waals surface area contributed by atoms with E-state index in [0.717, 1.165) is 38.4 Å². The maximum absolute atomic E-state index is 13.5. The number of aryl methyl sites for hydroxylation is 1. The van der Waals surface area contributed by atoms with Gasteiger partial charge in [0.25, 0.3) is 21.8 Å². The van der Waals surface area contributed by atoms with Crippen molar-refractivity contribution >= 4 is 27.9 Å². The molecule has 4 aromatic rings. The minimum Gasteiger partial charge on any atom is -0.569 e. The van der Waals surface area contributed by atoms with Crippen molar-refractivity contribution in [1.82, 2.24) is 24.4 Å².